The summed E-state index contributed by atoms with van der Waals surface area (Å²) in [7, 11) is 0. The standard InChI is InChI=1S/C14H13N3O4/c1-2-9-3-5-10(6-4-9)7-8-11-15-13(18)12(17(20)21)14(19)16-11/h3-8H,2H2,1H3,(H2,15,16,18,19). The van der Waals surface area contributed by atoms with Gasteiger partial charge in [0, 0.05) is 0 Å². The number of aryl methyl sites for hydroxylation is 1. The number of aromatic nitrogens is 2. The maximum Gasteiger partial charge on any atom is 0.395 e. The molecule has 0 radical (unpaired) electrons. The molecule has 7 heteroatoms. The fraction of sp³-hybridized carbons (Fsp3) is 0.143. The Morgan fingerprint density at radius 2 is 2.00 bits per heavy atom. The van der Waals surface area contributed by atoms with Crippen LogP contribution in [-0.2, 0) is 6.42 Å². The third-order valence-corrected chi connectivity index (χ3v) is 2.90. The molecular formula is C14H13N3O4. The van der Waals surface area contributed by atoms with Gasteiger partial charge in [0.05, 0.1) is 4.92 Å². The molecule has 0 fully saturated rings. The Balaban J connectivity index is 2.29. The molecule has 108 valence electrons. The van der Waals surface area contributed by atoms with Gasteiger partial charge in [0.25, 0.3) is 5.88 Å². The first-order chi connectivity index (χ1) is 10.0. The van der Waals surface area contributed by atoms with E-state index in [9.17, 15) is 20.0 Å². The van der Waals surface area contributed by atoms with Crippen molar-refractivity contribution in [3.63, 3.8) is 0 Å². The number of aromatic amines is 1. The van der Waals surface area contributed by atoms with Crippen LogP contribution in [0.25, 0.3) is 12.2 Å². The van der Waals surface area contributed by atoms with Gasteiger partial charge in [0.15, 0.2) is 0 Å². The van der Waals surface area contributed by atoms with Crippen molar-refractivity contribution in [2.75, 3.05) is 0 Å². The van der Waals surface area contributed by atoms with Crippen LogP contribution in [0.1, 0.15) is 23.9 Å². The Morgan fingerprint density at radius 3 is 2.52 bits per heavy atom. The van der Waals surface area contributed by atoms with E-state index in [1.54, 1.807) is 6.08 Å². The van der Waals surface area contributed by atoms with Gasteiger partial charge in [-0.05, 0) is 23.6 Å². The zero-order valence-corrected chi connectivity index (χ0v) is 11.2. The second-order valence-electron chi connectivity index (χ2n) is 4.31. The topological polar surface area (TPSA) is 109 Å². The van der Waals surface area contributed by atoms with E-state index in [4.69, 9.17) is 0 Å². The first-order valence-corrected chi connectivity index (χ1v) is 6.26. The van der Waals surface area contributed by atoms with Gasteiger partial charge in [0.2, 0.25) is 0 Å². The molecule has 21 heavy (non-hydrogen) atoms. The fourth-order valence-electron chi connectivity index (χ4n) is 1.76. The average Bonchev–Trinajstić information content (AvgIpc) is 2.44. The van der Waals surface area contributed by atoms with E-state index in [0.717, 1.165) is 12.0 Å². The molecular weight excluding hydrogens is 274 g/mol. The average molecular weight is 287 g/mol. The summed E-state index contributed by atoms with van der Waals surface area (Å²) in [6.07, 6.45) is 4.09. The molecule has 0 bridgehead atoms. The van der Waals surface area contributed by atoms with Crippen molar-refractivity contribution in [3.05, 3.63) is 61.7 Å². The van der Waals surface area contributed by atoms with E-state index in [1.807, 2.05) is 24.3 Å². The van der Waals surface area contributed by atoms with Crippen molar-refractivity contribution < 1.29 is 10.0 Å². The van der Waals surface area contributed by atoms with E-state index in [-0.39, 0.29) is 5.82 Å². The molecule has 2 N–H and O–H groups in total. The lowest BCUT2D eigenvalue weighted by molar-refractivity contribution is -0.387. The Morgan fingerprint density at radius 1 is 1.33 bits per heavy atom. The number of nitrogens with zero attached hydrogens (tertiary/aromatic N) is 2. The summed E-state index contributed by atoms with van der Waals surface area (Å²) in [4.78, 5) is 26.9. The molecule has 0 unspecified atom stereocenters. The fourth-order valence-corrected chi connectivity index (χ4v) is 1.76. The third kappa shape index (κ3) is 3.33. The van der Waals surface area contributed by atoms with Crippen LogP contribution in [0.4, 0.5) is 5.69 Å². The highest BCUT2D eigenvalue weighted by atomic mass is 16.6. The van der Waals surface area contributed by atoms with Gasteiger partial charge in [-0.1, -0.05) is 37.3 Å². The van der Waals surface area contributed by atoms with Crippen LogP contribution in [0.5, 0.6) is 5.88 Å². The van der Waals surface area contributed by atoms with Gasteiger partial charge in [-0.25, -0.2) is 0 Å². The van der Waals surface area contributed by atoms with Gasteiger partial charge in [-0.3, -0.25) is 14.9 Å². The minimum atomic E-state index is -0.992. The van der Waals surface area contributed by atoms with Gasteiger partial charge < -0.3 is 10.1 Å². The highest BCUT2D eigenvalue weighted by Gasteiger charge is 2.21. The predicted molar refractivity (Wildman–Crippen MR) is 77.9 cm³/mol. The molecule has 2 rings (SSSR count). The van der Waals surface area contributed by atoms with Gasteiger partial charge >= 0.3 is 11.2 Å². The van der Waals surface area contributed by atoms with E-state index < -0.39 is 22.0 Å². The van der Waals surface area contributed by atoms with Crippen LogP contribution in [0.3, 0.4) is 0 Å². The quantitative estimate of drug-likeness (QED) is 0.661. The molecule has 0 aliphatic rings. The number of rotatable bonds is 4. The highest BCUT2D eigenvalue weighted by molar-refractivity contribution is 5.67. The van der Waals surface area contributed by atoms with Crippen molar-refractivity contribution >= 4 is 17.8 Å². The molecule has 0 aliphatic heterocycles. The number of nitro groups is 1. The van der Waals surface area contributed by atoms with E-state index in [1.165, 1.54) is 11.6 Å². The second kappa shape index (κ2) is 6.00. The molecule has 0 aliphatic carbocycles. The number of hydrogen-bond acceptors (Lipinski definition) is 5. The molecule has 0 saturated heterocycles. The molecule has 1 heterocycles. The predicted octanol–water partition coefficient (Wildman–Crippen LogP) is 2.12. The third-order valence-electron chi connectivity index (χ3n) is 2.90. The van der Waals surface area contributed by atoms with E-state index in [2.05, 4.69) is 16.9 Å². The van der Waals surface area contributed by atoms with Crippen LogP contribution in [0, 0.1) is 10.1 Å². The largest absolute Gasteiger partial charge is 0.488 e. The number of nitrogens with one attached hydrogen (secondary N) is 1. The Bertz CT molecular complexity index is 748. The Hall–Kier alpha value is -2.96. The number of aromatic hydroxyl groups is 1. The Labute approximate surface area is 119 Å². The van der Waals surface area contributed by atoms with Gasteiger partial charge in [0.1, 0.15) is 5.82 Å². The molecule has 0 amide bonds. The summed E-state index contributed by atoms with van der Waals surface area (Å²) in [5.41, 5.74) is 0.132. The zero-order valence-electron chi connectivity index (χ0n) is 11.2. The number of H-pyrrole nitrogens is 1. The summed E-state index contributed by atoms with van der Waals surface area (Å²) in [5.74, 6) is -0.854. The van der Waals surface area contributed by atoms with Crippen LogP contribution >= 0.6 is 0 Å². The normalized spacial score (nSPS) is 10.9. The summed E-state index contributed by atoms with van der Waals surface area (Å²) >= 11 is 0. The summed E-state index contributed by atoms with van der Waals surface area (Å²) in [6.45, 7) is 2.05. The minimum Gasteiger partial charge on any atom is -0.488 e. The second-order valence-corrected chi connectivity index (χ2v) is 4.31. The molecule has 0 atom stereocenters. The van der Waals surface area contributed by atoms with Crippen molar-refractivity contribution in [2.24, 2.45) is 0 Å². The maximum atomic E-state index is 11.5. The minimum absolute atomic E-state index is 0.0441. The first kappa shape index (κ1) is 14.4. The van der Waals surface area contributed by atoms with Crippen molar-refractivity contribution in [2.45, 2.75) is 13.3 Å². The summed E-state index contributed by atoms with van der Waals surface area (Å²) < 4.78 is 0. The SMILES string of the molecule is CCc1ccc(C=Cc2nc(O)c([N+](=O)[O-])c(=O)[nH]2)cc1. The van der Waals surface area contributed by atoms with Gasteiger partial charge in [-0.2, -0.15) is 4.98 Å². The van der Waals surface area contributed by atoms with Crippen LogP contribution in [0.2, 0.25) is 0 Å². The van der Waals surface area contributed by atoms with Crippen molar-refractivity contribution in [1.29, 1.82) is 0 Å². The molecule has 0 spiro atoms. The lowest BCUT2D eigenvalue weighted by atomic mass is 10.1. The van der Waals surface area contributed by atoms with Crippen LogP contribution < -0.4 is 5.56 Å². The smallest absolute Gasteiger partial charge is 0.395 e. The van der Waals surface area contributed by atoms with Crippen molar-refractivity contribution in [1.82, 2.24) is 9.97 Å². The molecule has 7 nitrogen and oxygen atoms in total. The lowest BCUT2D eigenvalue weighted by Gasteiger charge is -1.98. The molecule has 1 aromatic carbocycles. The van der Waals surface area contributed by atoms with Crippen LogP contribution in [-0.4, -0.2) is 20.0 Å². The lowest BCUT2D eigenvalue weighted by Crippen LogP contribution is -2.14. The summed E-state index contributed by atoms with van der Waals surface area (Å²) in [5, 5.41) is 20.0. The van der Waals surface area contributed by atoms with Gasteiger partial charge in [-0.15, -0.1) is 0 Å². The maximum absolute atomic E-state index is 11.5. The van der Waals surface area contributed by atoms with Crippen LogP contribution in [0.15, 0.2) is 29.1 Å². The summed E-state index contributed by atoms with van der Waals surface area (Å²) in [6, 6.07) is 7.75. The van der Waals surface area contributed by atoms with Crippen molar-refractivity contribution in [3.8, 4) is 5.88 Å². The Kier molecular flexibility index (Phi) is 4.13. The molecule has 2 aromatic rings. The first-order valence-electron chi connectivity index (χ1n) is 6.26. The molecule has 1 aromatic heterocycles. The zero-order chi connectivity index (χ0) is 15.4. The molecule has 0 saturated carbocycles. The number of hydrogen-bond donors (Lipinski definition) is 2. The monoisotopic (exact) mass is 287 g/mol. The number of benzene rings is 1. The van der Waals surface area contributed by atoms with E-state index >= 15 is 0 Å². The van der Waals surface area contributed by atoms with E-state index in [0.29, 0.717) is 0 Å². The highest BCUT2D eigenvalue weighted by Crippen LogP contribution is 2.17.